The van der Waals surface area contributed by atoms with Crippen molar-refractivity contribution < 1.29 is 17.6 Å². The second-order valence-corrected chi connectivity index (χ2v) is 6.53. The summed E-state index contributed by atoms with van der Waals surface area (Å²) in [5.41, 5.74) is 0.256. The third-order valence-electron chi connectivity index (χ3n) is 3.42. The van der Waals surface area contributed by atoms with Crippen molar-refractivity contribution in [1.29, 1.82) is 0 Å². The number of amides is 1. The lowest BCUT2D eigenvalue weighted by Gasteiger charge is -2.27. The van der Waals surface area contributed by atoms with Crippen LogP contribution in [0.1, 0.15) is 35.2 Å². The lowest BCUT2D eigenvalue weighted by atomic mass is 10.1. The van der Waals surface area contributed by atoms with Gasteiger partial charge in [-0.25, -0.2) is 17.9 Å². The predicted octanol–water partition coefficient (Wildman–Crippen LogP) is 1.41. The molecule has 1 aliphatic rings. The fourth-order valence-corrected chi connectivity index (χ4v) is 3.05. The van der Waals surface area contributed by atoms with Crippen LogP contribution in [0.5, 0.6) is 0 Å². The van der Waals surface area contributed by atoms with E-state index >= 15 is 0 Å². The summed E-state index contributed by atoms with van der Waals surface area (Å²) in [7, 11) is -4.19. The van der Waals surface area contributed by atoms with E-state index in [1.54, 1.807) is 4.90 Å². The Kier molecular flexibility index (Phi) is 4.10. The summed E-state index contributed by atoms with van der Waals surface area (Å²) in [6, 6.07) is 2.38. The van der Waals surface area contributed by atoms with Gasteiger partial charge in [0, 0.05) is 18.7 Å². The Morgan fingerprint density at radius 1 is 1.25 bits per heavy atom. The normalized spacial score (nSPS) is 16.2. The largest absolute Gasteiger partial charge is 0.339 e. The van der Waals surface area contributed by atoms with Gasteiger partial charge in [-0.15, -0.1) is 0 Å². The Balaban J connectivity index is 2.42. The van der Waals surface area contributed by atoms with E-state index in [9.17, 15) is 17.6 Å². The number of rotatable bonds is 2. The Morgan fingerprint density at radius 3 is 2.40 bits per heavy atom. The minimum atomic E-state index is -4.19. The number of benzene rings is 1. The third kappa shape index (κ3) is 2.99. The van der Waals surface area contributed by atoms with Crippen LogP contribution in [0.25, 0.3) is 0 Å². The molecule has 1 amide bonds. The van der Waals surface area contributed by atoms with Gasteiger partial charge in [0.05, 0.1) is 0 Å². The third-order valence-corrected chi connectivity index (χ3v) is 4.33. The molecule has 0 unspecified atom stereocenters. The van der Waals surface area contributed by atoms with Crippen LogP contribution < -0.4 is 5.14 Å². The average molecular weight is 300 g/mol. The van der Waals surface area contributed by atoms with Gasteiger partial charge in [0.2, 0.25) is 10.0 Å². The fourth-order valence-electron chi connectivity index (χ4n) is 2.35. The molecule has 0 spiro atoms. The van der Waals surface area contributed by atoms with E-state index < -0.39 is 20.7 Å². The number of nitrogens with zero attached hydrogens (tertiary/aromatic N) is 1. The standard InChI is InChI=1S/C13H17FN2O3S/c1-9-7-10(8-11(12(9)14)20(15,18)19)13(17)16-5-3-2-4-6-16/h7-8H,2-6H2,1H3,(H2,15,18,19). The Hall–Kier alpha value is -1.47. The number of aryl methyl sites for hydroxylation is 1. The van der Waals surface area contributed by atoms with Crippen molar-refractivity contribution in [2.45, 2.75) is 31.1 Å². The minimum absolute atomic E-state index is 0.0943. The van der Waals surface area contributed by atoms with Gasteiger partial charge in [-0.1, -0.05) is 0 Å². The lowest BCUT2D eigenvalue weighted by molar-refractivity contribution is 0.0724. The molecule has 1 fully saturated rings. The SMILES string of the molecule is Cc1cc(C(=O)N2CCCCC2)cc(S(N)(=O)=O)c1F. The van der Waals surface area contributed by atoms with Gasteiger partial charge in [-0.3, -0.25) is 4.79 Å². The Bertz CT molecular complexity index is 637. The number of sulfonamides is 1. The highest BCUT2D eigenvalue weighted by atomic mass is 32.2. The molecule has 0 aromatic heterocycles. The molecule has 110 valence electrons. The molecule has 1 heterocycles. The molecule has 0 saturated carbocycles. The lowest BCUT2D eigenvalue weighted by Crippen LogP contribution is -2.35. The summed E-state index contributed by atoms with van der Waals surface area (Å²) >= 11 is 0. The maximum Gasteiger partial charge on any atom is 0.253 e. The zero-order valence-electron chi connectivity index (χ0n) is 11.2. The monoisotopic (exact) mass is 300 g/mol. The van der Waals surface area contributed by atoms with Crippen LogP contribution in [0.15, 0.2) is 17.0 Å². The van der Waals surface area contributed by atoms with E-state index in [-0.39, 0.29) is 17.0 Å². The number of primary sulfonamides is 1. The number of hydrogen-bond acceptors (Lipinski definition) is 3. The van der Waals surface area contributed by atoms with Crippen LogP contribution in [0.4, 0.5) is 4.39 Å². The molecule has 1 aliphatic heterocycles. The number of hydrogen-bond donors (Lipinski definition) is 1. The van der Waals surface area contributed by atoms with Crippen molar-refractivity contribution >= 4 is 15.9 Å². The molecule has 5 nitrogen and oxygen atoms in total. The van der Waals surface area contributed by atoms with Crippen molar-refractivity contribution in [3.63, 3.8) is 0 Å². The van der Waals surface area contributed by atoms with E-state index in [0.29, 0.717) is 13.1 Å². The quantitative estimate of drug-likeness (QED) is 0.896. The highest BCUT2D eigenvalue weighted by Crippen LogP contribution is 2.21. The zero-order chi connectivity index (χ0) is 14.9. The zero-order valence-corrected chi connectivity index (χ0v) is 12.0. The summed E-state index contributed by atoms with van der Waals surface area (Å²) in [5.74, 6) is -1.18. The molecule has 2 rings (SSSR count). The van der Waals surface area contributed by atoms with Crippen molar-refractivity contribution in [3.8, 4) is 0 Å². The number of piperidine rings is 1. The van der Waals surface area contributed by atoms with Gasteiger partial charge < -0.3 is 4.90 Å². The predicted molar refractivity (Wildman–Crippen MR) is 72.3 cm³/mol. The number of carbonyl (C=O) groups excluding carboxylic acids is 1. The molecule has 7 heteroatoms. The first kappa shape index (κ1) is 14.9. The molecule has 1 saturated heterocycles. The molecule has 0 atom stereocenters. The molecule has 1 aromatic carbocycles. The fraction of sp³-hybridized carbons (Fsp3) is 0.462. The number of likely N-dealkylation sites (tertiary alicyclic amines) is 1. The van der Waals surface area contributed by atoms with Crippen LogP contribution >= 0.6 is 0 Å². The van der Waals surface area contributed by atoms with Crippen molar-refractivity contribution in [3.05, 3.63) is 29.1 Å². The highest BCUT2D eigenvalue weighted by Gasteiger charge is 2.23. The average Bonchev–Trinajstić information content (AvgIpc) is 2.40. The minimum Gasteiger partial charge on any atom is -0.339 e. The van der Waals surface area contributed by atoms with Crippen LogP contribution in [0, 0.1) is 12.7 Å². The van der Waals surface area contributed by atoms with Gasteiger partial charge in [0.1, 0.15) is 10.7 Å². The maximum absolute atomic E-state index is 13.8. The van der Waals surface area contributed by atoms with Crippen LogP contribution in [0.3, 0.4) is 0 Å². The van der Waals surface area contributed by atoms with Crippen LogP contribution in [-0.2, 0) is 10.0 Å². The summed E-state index contributed by atoms with van der Waals surface area (Å²) in [6.45, 7) is 2.69. The van der Waals surface area contributed by atoms with Gasteiger partial charge in [0.25, 0.3) is 5.91 Å². The molecule has 0 radical (unpaired) electrons. The highest BCUT2D eigenvalue weighted by molar-refractivity contribution is 7.89. The molecule has 1 aromatic rings. The molecule has 0 aliphatic carbocycles. The van der Waals surface area contributed by atoms with Gasteiger partial charge >= 0.3 is 0 Å². The van der Waals surface area contributed by atoms with Gasteiger partial charge in [0.15, 0.2) is 0 Å². The van der Waals surface area contributed by atoms with E-state index in [1.807, 2.05) is 0 Å². The molecule has 0 bridgehead atoms. The topological polar surface area (TPSA) is 80.5 Å². The van der Waals surface area contributed by atoms with Gasteiger partial charge in [-0.05, 0) is 43.9 Å². The molecule has 2 N–H and O–H groups in total. The second kappa shape index (κ2) is 5.49. The summed E-state index contributed by atoms with van der Waals surface area (Å²) in [5, 5.41) is 4.98. The Labute approximate surface area is 117 Å². The first-order chi connectivity index (χ1) is 9.30. The van der Waals surface area contributed by atoms with Crippen LogP contribution in [0.2, 0.25) is 0 Å². The second-order valence-electron chi connectivity index (χ2n) is 5.00. The number of nitrogens with two attached hydrogens (primary N) is 1. The Morgan fingerprint density at radius 2 is 1.85 bits per heavy atom. The van der Waals surface area contributed by atoms with Gasteiger partial charge in [-0.2, -0.15) is 0 Å². The smallest absolute Gasteiger partial charge is 0.253 e. The molecule has 20 heavy (non-hydrogen) atoms. The summed E-state index contributed by atoms with van der Waals surface area (Å²) in [4.78, 5) is 13.3. The van der Waals surface area contributed by atoms with E-state index in [2.05, 4.69) is 0 Å². The van der Waals surface area contributed by atoms with E-state index in [0.717, 1.165) is 25.3 Å². The van der Waals surface area contributed by atoms with Crippen molar-refractivity contribution in [1.82, 2.24) is 4.90 Å². The first-order valence-electron chi connectivity index (χ1n) is 6.43. The summed E-state index contributed by atoms with van der Waals surface area (Å²) < 4.78 is 36.5. The number of carbonyl (C=O) groups is 1. The maximum atomic E-state index is 13.8. The first-order valence-corrected chi connectivity index (χ1v) is 7.97. The van der Waals surface area contributed by atoms with E-state index in [1.165, 1.54) is 13.0 Å². The van der Waals surface area contributed by atoms with E-state index in [4.69, 9.17) is 5.14 Å². The van der Waals surface area contributed by atoms with Crippen LogP contribution in [-0.4, -0.2) is 32.3 Å². The van der Waals surface area contributed by atoms with Crippen molar-refractivity contribution in [2.75, 3.05) is 13.1 Å². The molecular formula is C13H17FN2O3S. The number of halogens is 1. The summed E-state index contributed by atoms with van der Waals surface area (Å²) in [6.07, 6.45) is 2.93. The van der Waals surface area contributed by atoms with Crippen molar-refractivity contribution in [2.24, 2.45) is 5.14 Å². The molecular weight excluding hydrogens is 283 g/mol.